The Labute approximate surface area is 168 Å². The van der Waals surface area contributed by atoms with Crippen LogP contribution >= 0.6 is 11.3 Å². The Morgan fingerprint density at radius 2 is 1.96 bits per heavy atom. The SMILES string of the molecule is Cc1ccsc1CN(C)C(=O)CCc1c(C)nc2c3ccccc3nn2c1C. The van der Waals surface area contributed by atoms with E-state index in [1.165, 1.54) is 10.4 Å². The molecule has 3 heterocycles. The van der Waals surface area contributed by atoms with Crippen molar-refractivity contribution < 1.29 is 4.79 Å². The van der Waals surface area contributed by atoms with Gasteiger partial charge in [-0.25, -0.2) is 9.50 Å². The molecule has 6 heteroatoms. The third kappa shape index (κ3) is 3.29. The fourth-order valence-electron chi connectivity index (χ4n) is 3.63. The summed E-state index contributed by atoms with van der Waals surface area (Å²) in [5.41, 5.74) is 6.21. The lowest BCUT2D eigenvalue weighted by molar-refractivity contribution is -0.130. The largest absolute Gasteiger partial charge is 0.341 e. The van der Waals surface area contributed by atoms with Gasteiger partial charge in [-0.2, -0.15) is 5.10 Å². The Bertz CT molecular complexity index is 1170. The zero-order valence-corrected chi connectivity index (χ0v) is 17.5. The monoisotopic (exact) mass is 392 g/mol. The molecule has 0 aliphatic rings. The van der Waals surface area contributed by atoms with Crippen molar-refractivity contribution in [3.05, 3.63) is 63.1 Å². The van der Waals surface area contributed by atoms with Crippen LogP contribution in [0.5, 0.6) is 0 Å². The van der Waals surface area contributed by atoms with Crippen molar-refractivity contribution in [3.63, 3.8) is 0 Å². The van der Waals surface area contributed by atoms with Gasteiger partial charge in [0.15, 0.2) is 5.65 Å². The lowest BCUT2D eigenvalue weighted by atomic mass is 10.1. The Morgan fingerprint density at radius 1 is 1.18 bits per heavy atom. The first kappa shape index (κ1) is 18.6. The van der Waals surface area contributed by atoms with Crippen LogP contribution in [-0.2, 0) is 17.8 Å². The molecule has 0 bridgehead atoms. The summed E-state index contributed by atoms with van der Waals surface area (Å²) in [6.07, 6.45) is 1.14. The fourth-order valence-corrected chi connectivity index (χ4v) is 4.59. The van der Waals surface area contributed by atoms with Crippen LogP contribution in [0, 0.1) is 20.8 Å². The number of rotatable bonds is 5. The highest BCUT2D eigenvalue weighted by Crippen LogP contribution is 2.23. The molecule has 5 nitrogen and oxygen atoms in total. The lowest BCUT2D eigenvalue weighted by Gasteiger charge is -2.18. The van der Waals surface area contributed by atoms with Gasteiger partial charge < -0.3 is 4.90 Å². The van der Waals surface area contributed by atoms with Crippen LogP contribution in [0.2, 0.25) is 0 Å². The fraction of sp³-hybridized carbons (Fsp3) is 0.318. The van der Waals surface area contributed by atoms with Gasteiger partial charge in [0.2, 0.25) is 5.91 Å². The molecule has 0 N–H and O–H groups in total. The molecule has 0 aliphatic heterocycles. The maximum atomic E-state index is 12.7. The Balaban J connectivity index is 1.55. The van der Waals surface area contributed by atoms with Crippen LogP contribution in [0.3, 0.4) is 0 Å². The maximum Gasteiger partial charge on any atom is 0.222 e. The highest BCUT2D eigenvalue weighted by Gasteiger charge is 2.17. The second-order valence-corrected chi connectivity index (χ2v) is 8.29. The van der Waals surface area contributed by atoms with E-state index in [1.54, 1.807) is 11.3 Å². The Hall–Kier alpha value is -2.73. The highest BCUT2D eigenvalue weighted by molar-refractivity contribution is 7.10. The van der Waals surface area contributed by atoms with Gasteiger partial charge in [-0.05, 0) is 61.9 Å². The second-order valence-electron chi connectivity index (χ2n) is 7.29. The van der Waals surface area contributed by atoms with E-state index in [1.807, 2.05) is 47.7 Å². The molecular formula is C22H24N4OS. The average Bonchev–Trinajstić information content (AvgIpc) is 3.25. The number of fused-ring (bicyclic) bond motifs is 3. The summed E-state index contributed by atoms with van der Waals surface area (Å²) in [5.74, 6) is 0.150. The van der Waals surface area contributed by atoms with Crippen LogP contribution < -0.4 is 0 Å². The zero-order chi connectivity index (χ0) is 19.8. The number of amides is 1. The van der Waals surface area contributed by atoms with Gasteiger partial charge in [-0.3, -0.25) is 4.79 Å². The van der Waals surface area contributed by atoms with Gasteiger partial charge in [0.05, 0.1) is 12.1 Å². The summed E-state index contributed by atoms with van der Waals surface area (Å²) >= 11 is 1.70. The standard InChI is InChI=1S/C22H24N4OS/c1-14-11-12-28-20(14)13-25(4)21(27)10-9-17-15(2)23-22-18-7-5-6-8-19(18)24-26(22)16(17)3/h5-8,11-12H,9-10,13H2,1-4H3. The molecule has 4 rings (SSSR count). The van der Waals surface area contributed by atoms with Crippen molar-refractivity contribution >= 4 is 33.8 Å². The van der Waals surface area contributed by atoms with Crippen molar-refractivity contribution in [1.82, 2.24) is 19.5 Å². The normalized spacial score (nSPS) is 11.4. The maximum absolute atomic E-state index is 12.7. The van der Waals surface area contributed by atoms with E-state index in [0.717, 1.165) is 33.5 Å². The van der Waals surface area contributed by atoms with Gasteiger partial charge in [0.25, 0.3) is 0 Å². The van der Waals surface area contributed by atoms with Crippen molar-refractivity contribution in [3.8, 4) is 0 Å². The number of aromatic nitrogens is 3. The number of thiophene rings is 1. The summed E-state index contributed by atoms with van der Waals surface area (Å²) in [5, 5.41) is 7.83. The number of nitrogens with zero attached hydrogens (tertiary/aromatic N) is 4. The van der Waals surface area contributed by atoms with Crippen molar-refractivity contribution in [2.24, 2.45) is 0 Å². The minimum absolute atomic E-state index is 0.150. The Morgan fingerprint density at radius 3 is 2.71 bits per heavy atom. The van der Waals surface area contributed by atoms with E-state index in [2.05, 4.69) is 25.3 Å². The molecule has 4 aromatic rings. The van der Waals surface area contributed by atoms with Gasteiger partial charge in [-0.1, -0.05) is 12.1 Å². The molecule has 1 amide bonds. The van der Waals surface area contributed by atoms with Gasteiger partial charge in [-0.15, -0.1) is 11.3 Å². The molecule has 0 radical (unpaired) electrons. The summed E-state index contributed by atoms with van der Waals surface area (Å²) in [6.45, 7) is 6.84. The molecule has 0 spiro atoms. The van der Waals surface area contributed by atoms with Crippen LogP contribution in [0.15, 0.2) is 35.7 Å². The molecule has 0 fully saturated rings. The van der Waals surface area contributed by atoms with Gasteiger partial charge >= 0.3 is 0 Å². The molecule has 0 unspecified atom stereocenters. The number of benzene rings is 1. The highest BCUT2D eigenvalue weighted by atomic mass is 32.1. The quantitative estimate of drug-likeness (QED) is 0.504. The summed E-state index contributed by atoms with van der Waals surface area (Å²) in [6, 6.07) is 10.1. The van der Waals surface area contributed by atoms with E-state index >= 15 is 0 Å². The van der Waals surface area contributed by atoms with Crippen LogP contribution in [-0.4, -0.2) is 32.5 Å². The molecule has 3 aromatic heterocycles. The molecule has 0 aliphatic carbocycles. The lowest BCUT2D eigenvalue weighted by Crippen LogP contribution is -2.26. The predicted octanol–water partition coefficient (Wildman–Crippen LogP) is 4.46. The number of carbonyl (C=O) groups is 1. The minimum Gasteiger partial charge on any atom is -0.341 e. The molecule has 0 saturated carbocycles. The van der Waals surface area contributed by atoms with Crippen LogP contribution in [0.1, 0.15) is 33.8 Å². The first-order valence-corrected chi connectivity index (χ1v) is 10.3. The van der Waals surface area contributed by atoms with E-state index in [4.69, 9.17) is 10.1 Å². The average molecular weight is 393 g/mol. The zero-order valence-electron chi connectivity index (χ0n) is 16.7. The number of carbonyl (C=O) groups excluding carboxylic acids is 1. The first-order chi connectivity index (χ1) is 13.5. The molecule has 1 aromatic carbocycles. The molecule has 0 saturated heterocycles. The first-order valence-electron chi connectivity index (χ1n) is 9.46. The van der Waals surface area contributed by atoms with Crippen molar-refractivity contribution in [1.29, 1.82) is 0 Å². The number of hydrogen-bond donors (Lipinski definition) is 0. The molecule has 0 atom stereocenters. The predicted molar refractivity (Wildman–Crippen MR) is 114 cm³/mol. The summed E-state index contributed by atoms with van der Waals surface area (Å²) in [7, 11) is 1.88. The molecule has 144 valence electrons. The van der Waals surface area contributed by atoms with Gasteiger partial charge in [0.1, 0.15) is 0 Å². The Kier molecular flexibility index (Phi) is 4.89. The van der Waals surface area contributed by atoms with E-state index < -0.39 is 0 Å². The van der Waals surface area contributed by atoms with Crippen molar-refractivity contribution in [2.75, 3.05) is 7.05 Å². The van der Waals surface area contributed by atoms with Gasteiger partial charge in [0, 0.05) is 35.1 Å². The number of aryl methyl sites for hydroxylation is 3. The topological polar surface area (TPSA) is 50.5 Å². The third-order valence-corrected chi connectivity index (χ3v) is 6.39. The minimum atomic E-state index is 0.150. The van der Waals surface area contributed by atoms with Crippen molar-refractivity contribution in [2.45, 2.75) is 40.2 Å². The summed E-state index contributed by atoms with van der Waals surface area (Å²) in [4.78, 5) is 20.5. The third-order valence-electron chi connectivity index (χ3n) is 5.38. The van der Waals surface area contributed by atoms with Crippen LogP contribution in [0.4, 0.5) is 0 Å². The number of hydrogen-bond acceptors (Lipinski definition) is 4. The summed E-state index contributed by atoms with van der Waals surface area (Å²) < 4.78 is 1.91. The molecular weight excluding hydrogens is 368 g/mol. The second kappa shape index (κ2) is 7.36. The van der Waals surface area contributed by atoms with E-state index in [0.29, 0.717) is 19.4 Å². The molecule has 28 heavy (non-hydrogen) atoms. The van der Waals surface area contributed by atoms with E-state index in [9.17, 15) is 4.79 Å². The van der Waals surface area contributed by atoms with Crippen LogP contribution in [0.25, 0.3) is 16.6 Å². The smallest absolute Gasteiger partial charge is 0.222 e. The van der Waals surface area contributed by atoms with E-state index in [-0.39, 0.29) is 5.91 Å².